The largest absolute Gasteiger partial charge is 0.494 e. The van der Waals surface area contributed by atoms with Gasteiger partial charge in [-0.05, 0) is 85.1 Å². The van der Waals surface area contributed by atoms with Crippen LogP contribution in [0, 0.1) is 0 Å². The maximum Gasteiger partial charge on any atom is 0.119 e. The first kappa shape index (κ1) is 25.0. The van der Waals surface area contributed by atoms with Crippen molar-refractivity contribution in [2.24, 2.45) is 0 Å². The SMILES string of the molecule is CN1CCN(CCCOc2ccc(SNc3ccccc3Cc3c[nH]c4ccc(Cl)cc34)cc2)CC1. The fraction of sp³-hybridized carbons (Fsp3) is 0.310. The summed E-state index contributed by atoms with van der Waals surface area (Å²) in [5, 5.41) is 1.93. The third kappa shape index (κ3) is 6.56. The third-order valence-electron chi connectivity index (χ3n) is 6.71. The summed E-state index contributed by atoms with van der Waals surface area (Å²) in [6, 6.07) is 22.8. The van der Waals surface area contributed by atoms with Crippen LogP contribution in [0.4, 0.5) is 5.69 Å². The van der Waals surface area contributed by atoms with Crippen molar-refractivity contribution in [3.8, 4) is 5.75 Å². The number of aromatic nitrogens is 1. The Morgan fingerprint density at radius 1 is 0.972 bits per heavy atom. The minimum Gasteiger partial charge on any atom is -0.494 e. The molecule has 36 heavy (non-hydrogen) atoms. The molecule has 1 fully saturated rings. The lowest BCUT2D eigenvalue weighted by Gasteiger charge is -2.32. The monoisotopic (exact) mass is 520 g/mol. The molecular formula is C29H33ClN4OS. The molecule has 4 aromatic rings. The number of H-pyrrole nitrogens is 1. The molecule has 188 valence electrons. The second-order valence-electron chi connectivity index (χ2n) is 9.36. The van der Waals surface area contributed by atoms with Gasteiger partial charge < -0.3 is 24.2 Å². The Labute approximate surface area is 222 Å². The third-order valence-corrected chi connectivity index (χ3v) is 7.78. The van der Waals surface area contributed by atoms with Crippen LogP contribution in [0.2, 0.25) is 5.02 Å². The highest BCUT2D eigenvalue weighted by atomic mass is 35.5. The number of halogens is 1. The molecular weight excluding hydrogens is 488 g/mol. The first-order valence-electron chi connectivity index (χ1n) is 12.5. The van der Waals surface area contributed by atoms with Gasteiger partial charge >= 0.3 is 0 Å². The number of anilines is 1. The van der Waals surface area contributed by atoms with Crippen molar-refractivity contribution in [2.45, 2.75) is 17.7 Å². The average Bonchev–Trinajstić information content (AvgIpc) is 3.29. The Kier molecular flexibility index (Phi) is 8.39. The van der Waals surface area contributed by atoms with Gasteiger partial charge in [0.1, 0.15) is 5.75 Å². The second kappa shape index (κ2) is 12.1. The van der Waals surface area contributed by atoms with Crippen molar-refractivity contribution >= 4 is 40.1 Å². The minimum absolute atomic E-state index is 0.753. The number of aromatic amines is 1. The number of nitrogens with one attached hydrogen (secondary N) is 2. The summed E-state index contributed by atoms with van der Waals surface area (Å²) >= 11 is 7.86. The van der Waals surface area contributed by atoms with Crippen LogP contribution in [0.3, 0.4) is 0 Å². The van der Waals surface area contributed by atoms with Crippen LogP contribution in [0.15, 0.2) is 77.8 Å². The lowest BCUT2D eigenvalue weighted by atomic mass is 10.0. The van der Waals surface area contributed by atoms with Gasteiger partial charge in [0.15, 0.2) is 0 Å². The molecule has 1 aromatic heterocycles. The number of nitrogens with zero attached hydrogens (tertiary/aromatic N) is 2. The number of fused-ring (bicyclic) bond motifs is 1. The maximum absolute atomic E-state index is 6.24. The number of ether oxygens (including phenoxy) is 1. The first-order valence-corrected chi connectivity index (χ1v) is 13.7. The van der Waals surface area contributed by atoms with E-state index in [2.05, 4.69) is 81.3 Å². The number of likely N-dealkylation sites (N-methyl/N-ethyl adjacent to an activating group) is 1. The summed E-state index contributed by atoms with van der Waals surface area (Å²) in [4.78, 5) is 9.42. The normalized spacial score (nSPS) is 14.8. The molecule has 7 heteroatoms. The minimum atomic E-state index is 0.753. The summed E-state index contributed by atoms with van der Waals surface area (Å²) in [5.41, 5.74) is 4.70. The number of rotatable bonds is 10. The molecule has 0 amide bonds. The van der Waals surface area contributed by atoms with Gasteiger partial charge in [-0.2, -0.15) is 0 Å². The molecule has 1 saturated heterocycles. The van der Waals surface area contributed by atoms with E-state index in [0.717, 1.165) is 79.0 Å². The molecule has 1 aliphatic heterocycles. The van der Waals surface area contributed by atoms with Crippen LogP contribution < -0.4 is 9.46 Å². The van der Waals surface area contributed by atoms with E-state index in [1.165, 1.54) is 16.5 Å². The smallest absolute Gasteiger partial charge is 0.119 e. The Hall–Kier alpha value is -2.64. The highest BCUT2D eigenvalue weighted by Gasteiger charge is 2.13. The zero-order valence-corrected chi connectivity index (χ0v) is 22.2. The summed E-state index contributed by atoms with van der Waals surface area (Å²) in [6.07, 6.45) is 3.96. The van der Waals surface area contributed by atoms with Crippen molar-refractivity contribution < 1.29 is 4.74 Å². The lowest BCUT2D eigenvalue weighted by Crippen LogP contribution is -2.44. The van der Waals surface area contributed by atoms with Gasteiger partial charge in [0.25, 0.3) is 0 Å². The van der Waals surface area contributed by atoms with E-state index < -0.39 is 0 Å². The summed E-state index contributed by atoms with van der Waals surface area (Å²) in [5.74, 6) is 0.927. The van der Waals surface area contributed by atoms with E-state index in [0.29, 0.717) is 0 Å². The van der Waals surface area contributed by atoms with E-state index >= 15 is 0 Å². The van der Waals surface area contributed by atoms with Gasteiger partial charge in [-0.1, -0.05) is 29.8 Å². The second-order valence-corrected chi connectivity index (χ2v) is 10.7. The van der Waals surface area contributed by atoms with Crippen molar-refractivity contribution in [3.05, 3.63) is 89.1 Å². The number of hydrogen-bond donors (Lipinski definition) is 2. The van der Waals surface area contributed by atoms with Gasteiger partial charge in [-0.15, -0.1) is 0 Å². The Balaban J connectivity index is 1.12. The van der Waals surface area contributed by atoms with Crippen molar-refractivity contribution in [3.63, 3.8) is 0 Å². The van der Waals surface area contributed by atoms with Crippen LogP contribution in [0.5, 0.6) is 5.75 Å². The van der Waals surface area contributed by atoms with E-state index in [-0.39, 0.29) is 0 Å². The highest BCUT2D eigenvalue weighted by Crippen LogP contribution is 2.29. The molecule has 2 heterocycles. The van der Waals surface area contributed by atoms with Crippen LogP contribution in [0.25, 0.3) is 10.9 Å². The fourth-order valence-corrected chi connectivity index (χ4v) is 5.41. The van der Waals surface area contributed by atoms with Gasteiger partial charge in [0.05, 0.1) is 6.61 Å². The zero-order chi connectivity index (χ0) is 24.7. The zero-order valence-electron chi connectivity index (χ0n) is 20.7. The van der Waals surface area contributed by atoms with Gasteiger partial charge in [0, 0.05) is 71.8 Å². The summed E-state index contributed by atoms with van der Waals surface area (Å²) < 4.78 is 9.52. The van der Waals surface area contributed by atoms with Crippen LogP contribution in [-0.2, 0) is 6.42 Å². The molecule has 0 saturated carbocycles. The van der Waals surface area contributed by atoms with Gasteiger partial charge in [-0.25, -0.2) is 0 Å². The fourth-order valence-electron chi connectivity index (χ4n) is 4.54. The molecule has 0 unspecified atom stereocenters. The first-order chi connectivity index (χ1) is 17.6. The Bertz CT molecular complexity index is 1270. The van der Waals surface area contributed by atoms with E-state index in [9.17, 15) is 0 Å². The Morgan fingerprint density at radius 2 is 1.78 bits per heavy atom. The van der Waals surface area contributed by atoms with Gasteiger partial charge in [-0.3, -0.25) is 0 Å². The van der Waals surface area contributed by atoms with Crippen LogP contribution in [-0.4, -0.2) is 61.2 Å². The molecule has 5 rings (SSSR count). The molecule has 0 aliphatic carbocycles. The quantitative estimate of drug-likeness (QED) is 0.183. The van der Waals surface area contributed by atoms with Crippen molar-refractivity contribution in [2.75, 3.05) is 51.1 Å². The number of hydrogen-bond acceptors (Lipinski definition) is 5. The molecule has 5 nitrogen and oxygen atoms in total. The predicted octanol–water partition coefficient (Wildman–Crippen LogP) is 6.55. The summed E-state index contributed by atoms with van der Waals surface area (Å²) in [6.45, 7) is 6.51. The summed E-state index contributed by atoms with van der Waals surface area (Å²) in [7, 11) is 2.19. The molecule has 0 spiro atoms. The Morgan fingerprint density at radius 3 is 2.61 bits per heavy atom. The molecule has 0 bridgehead atoms. The van der Waals surface area contributed by atoms with E-state index in [1.807, 2.05) is 18.2 Å². The average molecular weight is 521 g/mol. The number of piperazine rings is 1. The predicted molar refractivity (Wildman–Crippen MR) is 153 cm³/mol. The highest BCUT2D eigenvalue weighted by molar-refractivity contribution is 8.00. The standard InChI is InChI=1S/C29H33ClN4OS/c1-33-14-16-34(17-15-33)13-4-18-35-25-8-10-26(11-9-25)36-32-28-6-3-2-5-22(28)19-23-21-31-29-12-7-24(30)20-27(23)29/h2-3,5-12,20-21,31-32H,4,13-19H2,1H3. The van der Waals surface area contributed by atoms with E-state index in [1.54, 1.807) is 11.9 Å². The molecule has 1 aliphatic rings. The van der Waals surface area contributed by atoms with E-state index in [4.69, 9.17) is 16.3 Å². The van der Waals surface area contributed by atoms with Crippen LogP contribution in [0.1, 0.15) is 17.5 Å². The van der Waals surface area contributed by atoms with Gasteiger partial charge in [0.2, 0.25) is 0 Å². The van der Waals surface area contributed by atoms with Crippen LogP contribution >= 0.6 is 23.5 Å². The van der Waals surface area contributed by atoms with Crippen molar-refractivity contribution in [1.82, 2.24) is 14.8 Å². The molecule has 3 aromatic carbocycles. The number of benzene rings is 3. The maximum atomic E-state index is 6.24. The lowest BCUT2D eigenvalue weighted by molar-refractivity contribution is 0.145. The topological polar surface area (TPSA) is 43.5 Å². The van der Waals surface area contributed by atoms with Crippen molar-refractivity contribution in [1.29, 1.82) is 0 Å². The number of para-hydroxylation sites is 1. The molecule has 0 radical (unpaired) electrons. The molecule has 2 N–H and O–H groups in total. The molecule has 0 atom stereocenters.